The van der Waals surface area contributed by atoms with Crippen LogP contribution in [0.1, 0.15) is 65.0 Å². The lowest BCUT2D eigenvalue weighted by atomic mass is 10.0. The highest BCUT2D eigenvalue weighted by Crippen LogP contribution is 2.29. The van der Waals surface area contributed by atoms with E-state index in [4.69, 9.17) is 9.47 Å². The first-order chi connectivity index (χ1) is 23.3. The van der Waals surface area contributed by atoms with Gasteiger partial charge in [0.2, 0.25) is 17.7 Å². The number of nitrogens with zero attached hydrogens (tertiary/aromatic N) is 1. The van der Waals surface area contributed by atoms with Gasteiger partial charge in [0.05, 0.1) is 29.6 Å². The second-order valence-corrected chi connectivity index (χ2v) is 12.2. The molecule has 254 valence electrons. The number of esters is 2. The summed E-state index contributed by atoms with van der Waals surface area (Å²) in [6, 6.07) is 22.6. The van der Waals surface area contributed by atoms with E-state index in [9.17, 15) is 24.0 Å². The summed E-state index contributed by atoms with van der Waals surface area (Å²) in [5.74, 6) is -1.23. The van der Waals surface area contributed by atoms with Crippen LogP contribution in [0.2, 0.25) is 0 Å². The van der Waals surface area contributed by atoms with E-state index in [1.165, 1.54) is 16.7 Å². The van der Waals surface area contributed by atoms with Crippen LogP contribution in [0.4, 0.5) is 11.4 Å². The molecule has 3 aromatic carbocycles. The van der Waals surface area contributed by atoms with Gasteiger partial charge in [0.1, 0.15) is 0 Å². The summed E-state index contributed by atoms with van der Waals surface area (Å²) < 4.78 is 10.6. The normalized spacial score (nSPS) is 14.0. The monoisotopic (exact) mass is 674 g/mol. The highest BCUT2D eigenvalue weighted by Gasteiger charge is 2.38. The van der Waals surface area contributed by atoms with Crippen LogP contribution in [0.5, 0.6) is 0 Å². The number of likely N-dealkylation sites (tertiary alicyclic amines) is 1. The van der Waals surface area contributed by atoms with Crippen molar-refractivity contribution in [2.45, 2.75) is 50.7 Å². The molecule has 1 aliphatic heterocycles. The predicted octanol–water partition coefficient (Wildman–Crippen LogP) is 5.02. The van der Waals surface area contributed by atoms with E-state index < -0.39 is 17.2 Å². The number of nitrogens with one attached hydrogen (secondary N) is 3. The van der Waals surface area contributed by atoms with Gasteiger partial charge in [-0.15, -0.1) is 11.8 Å². The fourth-order valence-corrected chi connectivity index (χ4v) is 6.19. The molecule has 1 aliphatic rings. The van der Waals surface area contributed by atoms with Crippen molar-refractivity contribution in [3.8, 4) is 0 Å². The van der Waals surface area contributed by atoms with E-state index in [1.807, 2.05) is 60.7 Å². The van der Waals surface area contributed by atoms with Gasteiger partial charge in [-0.1, -0.05) is 60.7 Å². The van der Waals surface area contributed by atoms with E-state index in [0.29, 0.717) is 43.2 Å². The number of hydrogen-bond donors (Lipinski definition) is 3. The Balaban J connectivity index is 1.29. The van der Waals surface area contributed by atoms with E-state index >= 15 is 0 Å². The summed E-state index contributed by atoms with van der Waals surface area (Å²) in [5.41, 5.74) is 3.44. The van der Waals surface area contributed by atoms with Crippen molar-refractivity contribution in [1.29, 1.82) is 0 Å². The van der Waals surface area contributed by atoms with Crippen molar-refractivity contribution in [1.82, 2.24) is 10.2 Å². The maximum Gasteiger partial charge on any atom is 0.340 e. The molecule has 1 saturated heterocycles. The van der Waals surface area contributed by atoms with Crippen LogP contribution >= 0.6 is 11.8 Å². The van der Waals surface area contributed by atoms with Gasteiger partial charge in [0.15, 0.2) is 0 Å². The Hall–Kier alpha value is -4.84. The average Bonchev–Trinajstić information content (AvgIpc) is 3.37. The summed E-state index contributed by atoms with van der Waals surface area (Å²) in [4.78, 5) is 64.8. The maximum absolute atomic E-state index is 12.9. The van der Waals surface area contributed by atoms with Crippen molar-refractivity contribution in [3.05, 3.63) is 95.1 Å². The Morgan fingerprint density at radius 3 is 2.00 bits per heavy atom. The molecule has 1 fully saturated rings. The largest absolute Gasteiger partial charge is 0.462 e. The van der Waals surface area contributed by atoms with E-state index in [1.54, 1.807) is 26.0 Å². The zero-order valence-electron chi connectivity index (χ0n) is 27.3. The smallest absolute Gasteiger partial charge is 0.340 e. The van der Waals surface area contributed by atoms with E-state index in [-0.39, 0.29) is 61.4 Å². The molecule has 3 aromatic rings. The number of carbonyl (C=O) groups excluding carboxylic acids is 5. The number of carbonyl (C=O) groups is 5. The van der Waals surface area contributed by atoms with Crippen LogP contribution in [-0.4, -0.2) is 72.7 Å². The van der Waals surface area contributed by atoms with Crippen LogP contribution in [-0.2, 0) is 36.2 Å². The fraction of sp³-hybridized carbons (Fsp3) is 0.361. The zero-order valence-corrected chi connectivity index (χ0v) is 28.1. The SMILES string of the molecule is CCOC(=O)c1cc(NCc2ccccc2)c(C(=O)OCC)cc1NCCCNC(=O)CCN1C(=O)CC(SCc2ccccc2)C1=O. The number of hydrogen-bond acceptors (Lipinski definition) is 10. The lowest BCUT2D eigenvalue weighted by Crippen LogP contribution is -2.36. The number of imide groups is 1. The van der Waals surface area contributed by atoms with Gasteiger partial charge in [0.25, 0.3) is 0 Å². The summed E-state index contributed by atoms with van der Waals surface area (Å²) in [5, 5.41) is 8.82. The molecule has 1 heterocycles. The minimum atomic E-state index is -0.543. The topological polar surface area (TPSA) is 143 Å². The zero-order chi connectivity index (χ0) is 34.3. The maximum atomic E-state index is 12.9. The third kappa shape index (κ3) is 10.3. The molecule has 48 heavy (non-hydrogen) atoms. The summed E-state index contributed by atoms with van der Waals surface area (Å²) in [6.45, 7) is 4.96. The van der Waals surface area contributed by atoms with Crippen molar-refractivity contribution in [3.63, 3.8) is 0 Å². The van der Waals surface area contributed by atoms with Gasteiger partial charge in [-0.05, 0) is 43.5 Å². The Morgan fingerprint density at radius 2 is 1.40 bits per heavy atom. The van der Waals surface area contributed by atoms with Crippen molar-refractivity contribution < 1.29 is 33.4 Å². The number of rotatable bonds is 18. The van der Waals surface area contributed by atoms with Gasteiger partial charge in [-0.25, -0.2) is 9.59 Å². The molecule has 0 aromatic heterocycles. The molecule has 1 unspecified atom stereocenters. The molecule has 0 saturated carbocycles. The van der Waals surface area contributed by atoms with Crippen LogP contribution in [0.25, 0.3) is 0 Å². The van der Waals surface area contributed by atoms with E-state index in [0.717, 1.165) is 11.1 Å². The van der Waals surface area contributed by atoms with Gasteiger partial charge in [-0.2, -0.15) is 0 Å². The van der Waals surface area contributed by atoms with Gasteiger partial charge in [0, 0.05) is 56.1 Å². The number of thioether (sulfide) groups is 1. The second kappa shape index (κ2) is 18.5. The predicted molar refractivity (Wildman–Crippen MR) is 186 cm³/mol. The lowest BCUT2D eigenvalue weighted by molar-refractivity contribution is -0.138. The third-order valence-electron chi connectivity index (χ3n) is 7.52. The lowest BCUT2D eigenvalue weighted by Gasteiger charge is -2.18. The molecular weight excluding hydrogens is 632 g/mol. The quantitative estimate of drug-likeness (QED) is 0.0956. The Bertz CT molecular complexity index is 1570. The number of amides is 3. The number of anilines is 2. The molecule has 0 radical (unpaired) electrons. The first-order valence-corrected chi connectivity index (χ1v) is 17.2. The molecule has 0 aliphatic carbocycles. The van der Waals surface area contributed by atoms with Crippen LogP contribution in [0, 0.1) is 0 Å². The summed E-state index contributed by atoms with van der Waals surface area (Å²) in [6.07, 6.45) is 0.643. The highest BCUT2D eigenvalue weighted by atomic mass is 32.2. The molecule has 0 spiro atoms. The minimum Gasteiger partial charge on any atom is -0.462 e. The molecule has 1 atom stereocenters. The molecule has 4 rings (SSSR count). The molecule has 0 bridgehead atoms. The molecule has 3 N–H and O–H groups in total. The Labute approximate surface area is 285 Å². The molecule has 12 heteroatoms. The fourth-order valence-electron chi connectivity index (χ4n) is 5.07. The third-order valence-corrected chi connectivity index (χ3v) is 8.80. The van der Waals surface area contributed by atoms with E-state index in [2.05, 4.69) is 16.0 Å². The first kappa shape index (κ1) is 36.0. The van der Waals surface area contributed by atoms with Gasteiger partial charge < -0.3 is 25.4 Å². The number of benzene rings is 3. The molecule has 11 nitrogen and oxygen atoms in total. The van der Waals surface area contributed by atoms with Crippen molar-refractivity contribution in [2.24, 2.45) is 0 Å². The van der Waals surface area contributed by atoms with Crippen molar-refractivity contribution in [2.75, 3.05) is 43.5 Å². The van der Waals surface area contributed by atoms with Crippen LogP contribution in [0.3, 0.4) is 0 Å². The standard InChI is InChI=1S/C36H42N4O7S/c1-3-46-35(44)27-21-30(39-23-25-12-7-5-8-13-25)28(36(45)47-4-2)20-29(27)37-17-11-18-38-32(41)16-19-40-33(42)22-31(34(40)43)48-24-26-14-9-6-10-15-26/h5-10,12-15,20-21,31,37,39H,3-4,11,16-19,22-24H2,1-2H3,(H,38,41). The Kier molecular flexibility index (Phi) is 13.9. The summed E-state index contributed by atoms with van der Waals surface area (Å²) in [7, 11) is 0. The van der Waals surface area contributed by atoms with Crippen molar-refractivity contribution >= 4 is 52.8 Å². The second-order valence-electron chi connectivity index (χ2n) is 11.0. The first-order valence-electron chi connectivity index (χ1n) is 16.1. The Morgan fingerprint density at radius 1 is 0.812 bits per heavy atom. The van der Waals surface area contributed by atoms with Crippen LogP contribution < -0.4 is 16.0 Å². The summed E-state index contributed by atoms with van der Waals surface area (Å²) >= 11 is 1.44. The molecular formula is C36H42N4O7S. The van der Waals surface area contributed by atoms with Gasteiger partial charge >= 0.3 is 11.9 Å². The number of ether oxygens (including phenoxy) is 2. The highest BCUT2D eigenvalue weighted by molar-refractivity contribution is 7.99. The van der Waals surface area contributed by atoms with Gasteiger partial charge in [-0.3, -0.25) is 19.3 Å². The average molecular weight is 675 g/mol. The van der Waals surface area contributed by atoms with Crippen LogP contribution in [0.15, 0.2) is 72.8 Å². The minimum absolute atomic E-state index is 0.00826. The molecule has 3 amide bonds.